The van der Waals surface area contributed by atoms with E-state index in [-0.39, 0.29) is 11.8 Å². The van der Waals surface area contributed by atoms with E-state index < -0.39 is 5.97 Å². The van der Waals surface area contributed by atoms with Crippen LogP contribution in [0.1, 0.15) is 19.8 Å². The van der Waals surface area contributed by atoms with E-state index in [0.717, 1.165) is 0 Å². The van der Waals surface area contributed by atoms with Crippen LogP contribution in [0.5, 0.6) is 0 Å². The van der Waals surface area contributed by atoms with Crippen LogP contribution in [0.15, 0.2) is 0 Å². The molecule has 68 valence electrons. The molecule has 0 saturated carbocycles. The molecular weight excluding hydrogens is 158 g/mol. The number of carbonyl (C=O) groups is 2. The highest BCUT2D eigenvalue weighted by atomic mass is 16.4. The molecule has 0 aromatic heterocycles. The number of carboxylic acid groups (broad SMARTS) is 1. The summed E-state index contributed by atoms with van der Waals surface area (Å²) in [6.45, 7) is 2.78. The number of hydrogen-bond donors (Lipinski definition) is 1. The van der Waals surface area contributed by atoms with Gasteiger partial charge in [-0.3, -0.25) is 9.59 Å². The molecule has 1 atom stereocenters. The number of nitrogens with zero attached hydrogens (tertiary/aromatic N) is 1. The van der Waals surface area contributed by atoms with E-state index in [1.54, 1.807) is 11.8 Å². The third-order valence-electron chi connectivity index (χ3n) is 2.19. The molecule has 12 heavy (non-hydrogen) atoms. The van der Waals surface area contributed by atoms with Crippen molar-refractivity contribution in [2.75, 3.05) is 13.1 Å². The molecule has 1 amide bonds. The number of hydrogen-bond acceptors (Lipinski definition) is 2. The molecule has 1 saturated heterocycles. The van der Waals surface area contributed by atoms with Crippen molar-refractivity contribution in [1.82, 2.24) is 4.90 Å². The summed E-state index contributed by atoms with van der Waals surface area (Å²) in [6, 6.07) is 0. The Morgan fingerprint density at radius 2 is 2.25 bits per heavy atom. The molecule has 1 aliphatic heterocycles. The highest BCUT2D eigenvalue weighted by Gasteiger charge is 2.29. The first kappa shape index (κ1) is 9.03. The molecular formula is C8H13NO3. The SMILES string of the molecule is CCC(=O)N1CCC(C(=O)O)C1. The Hall–Kier alpha value is -1.06. The second kappa shape index (κ2) is 3.56. The van der Waals surface area contributed by atoms with E-state index in [1.165, 1.54) is 0 Å². The standard InChI is InChI=1S/C8H13NO3/c1-2-7(10)9-4-3-6(5-9)8(11)12/h6H,2-5H2,1H3,(H,11,12). The van der Waals surface area contributed by atoms with Gasteiger partial charge in [-0.15, -0.1) is 0 Å². The topological polar surface area (TPSA) is 57.6 Å². The van der Waals surface area contributed by atoms with E-state index >= 15 is 0 Å². The third kappa shape index (κ3) is 1.75. The Bertz CT molecular complexity index is 202. The molecule has 1 heterocycles. The Morgan fingerprint density at radius 1 is 1.58 bits per heavy atom. The largest absolute Gasteiger partial charge is 0.481 e. The van der Waals surface area contributed by atoms with Crippen molar-refractivity contribution < 1.29 is 14.7 Å². The van der Waals surface area contributed by atoms with Crippen molar-refractivity contribution in [3.05, 3.63) is 0 Å². The van der Waals surface area contributed by atoms with Crippen molar-refractivity contribution in [2.24, 2.45) is 5.92 Å². The molecule has 0 radical (unpaired) electrons. The van der Waals surface area contributed by atoms with Crippen LogP contribution in [-0.4, -0.2) is 35.0 Å². The molecule has 4 nitrogen and oxygen atoms in total. The van der Waals surface area contributed by atoms with Crippen molar-refractivity contribution in [3.8, 4) is 0 Å². The van der Waals surface area contributed by atoms with Crippen LogP contribution in [0.3, 0.4) is 0 Å². The number of carboxylic acids is 1. The van der Waals surface area contributed by atoms with Gasteiger partial charge < -0.3 is 10.0 Å². The van der Waals surface area contributed by atoms with Gasteiger partial charge in [-0.25, -0.2) is 0 Å². The second-order valence-electron chi connectivity index (χ2n) is 3.02. The van der Waals surface area contributed by atoms with Crippen molar-refractivity contribution in [2.45, 2.75) is 19.8 Å². The van der Waals surface area contributed by atoms with Gasteiger partial charge >= 0.3 is 5.97 Å². The number of carbonyl (C=O) groups excluding carboxylic acids is 1. The van der Waals surface area contributed by atoms with Crippen LogP contribution in [0.25, 0.3) is 0 Å². The predicted octanol–water partition coefficient (Wildman–Crippen LogP) is 0.329. The molecule has 1 rings (SSSR count). The monoisotopic (exact) mass is 171 g/mol. The summed E-state index contributed by atoms with van der Waals surface area (Å²) < 4.78 is 0. The maximum atomic E-state index is 11.1. The zero-order valence-corrected chi connectivity index (χ0v) is 7.12. The Balaban J connectivity index is 2.45. The van der Waals surface area contributed by atoms with Gasteiger partial charge in [0.1, 0.15) is 0 Å². The van der Waals surface area contributed by atoms with Crippen LogP contribution in [0.4, 0.5) is 0 Å². The number of rotatable bonds is 2. The van der Waals surface area contributed by atoms with Crippen molar-refractivity contribution in [3.63, 3.8) is 0 Å². The molecule has 0 bridgehead atoms. The van der Waals surface area contributed by atoms with Crippen LogP contribution < -0.4 is 0 Å². The Morgan fingerprint density at radius 3 is 2.67 bits per heavy atom. The lowest BCUT2D eigenvalue weighted by Gasteiger charge is -2.13. The summed E-state index contributed by atoms with van der Waals surface area (Å²) in [5, 5.41) is 8.65. The maximum Gasteiger partial charge on any atom is 0.308 e. The van der Waals surface area contributed by atoms with E-state index in [0.29, 0.717) is 25.9 Å². The lowest BCUT2D eigenvalue weighted by Crippen LogP contribution is -2.29. The molecule has 4 heteroatoms. The third-order valence-corrected chi connectivity index (χ3v) is 2.19. The number of amides is 1. The fourth-order valence-electron chi connectivity index (χ4n) is 1.41. The maximum absolute atomic E-state index is 11.1. The number of aliphatic carboxylic acids is 1. The highest BCUT2D eigenvalue weighted by molar-refractivity contribution is 5.78. The van der Waals surface area contributed by atoms with Crippen molar-refractivity contribution >= 4 is 11.9 Å². The normalized spacial score (nSPS) is 22.8. The quantitative estimate of drug-likeness (QED) is 0.651. The van der Waals surface area contributed by atoms with Gasteiger partial charge in [-0.2, -0.15) is 0 Å². The zero-order valence-electron chi connectivity index (χ0n) is 7.12. The van der Waals surface area contributed by atoms with E-state index in [4.69, 9.17) is 5.11 Å². The van der Waals surface area contributed by atoms with Gasteiger partial charge in [-0.1, -0.05) is 6.92 Å². The molecule has 0 aliphatic carbocycles. The highest BCUT2D eigenvalue weighted by Crippen LogP contribution is 2.16. The first-order valence-corrected chi connectivity index (χ1v) is 4.15. The predicted molar refractivity (Wildman–Crippen MR) is 42.6 cm³/mol. The molecule has 1 unspecified atom stereocenters. The summed E-state index contributed by atoms with van der Waals surface area (Å²) in [7, 11) is 0. The zero-order chi connectivity index (χ0) is 9.14. The van der Waals surface area contributed by atoms with Crippen molar-refractivity contribution in [1.29, 1.82) is 0 Å². The van der Waals surface area contributed by atoms with E-state index in [9.17, 15) is 9.59 Å². The molecule has 0 spiro atoms. The lowest BCUT2D eigenvalue weighted by molar-refractivity contribution is -0.141. The summed E-state index contributed by atoms with van der Waals surface area (Å²) in [5.74, 6) is -1.08. The Labute approximate surface area is 71.2 Å². The first-order chi connectivity index (χ1) is 5.65. The Kier molecular flexibility index (Phi) is 2.68. The fourth-order valence-corrected chi connectivity index (χ4v) is 1.41. The first-order valence-electron chi connectivity index (χ1n) is 4.15. The molecule has 0 aromatic rings. The second-order valence-corrected chi connectivity index (χ2v) is 3.02. The molecule has 1 N–H and O–H groups in total. The van der Waals surface area contributed by atoms with Gasteiger partial charge in [0.2, 0.25) is 5.91 Å². The molecule has 1 aliphatic rings. The van der Waals surface area contributed by atoms with Gasteiger partial charge in [0.05, 0.1) is 5.92 Å². The van der Waals surface area contributed by atoms with Crippen LogP contribution >= 0.6 is 0 Å². The van der Waals surface area contributed by atoms with Gasteiger partial charge in [0.25, 0.3) is 0 Å². The van der Waals surface area contributed by atoms with Gasteiger partial charge in [-0.05, 0) is 6.42 Å². The van der Waals surface area contributed by atoms with E-state index in [1.807, 2.05) is 0 Å². The smallest absolute Gasteiger partial charge is 0.308 e. The average molecular weight is 171 g/mol. The minimum absolute atomic E-state index is 0.0544. The summed E-state index contributed by atoms with van der Waals surface area (Å²) in [5.41, 5.74) is 0. The minimum Gasteiger partial charge on any atom is -0.481 e. The van der Waals surface area contributed by atoms with Gasteiger partial charge in [0, 0.05) is 19.5 Å². The number of likely N-dealkylation sites (tertiary alicyclic amines) is 1. The molecule has 0 aromatic carbocycles. The summed E-state index contributed by atoms with van der Waals surface area (Å²) in [6.07, 6.45) is 1.06. The molecule has 1 fully saturated rings. The van der Waals surface area contributed by atoms with E-state index in [2.05, 4.69) is 0 Å². The van der Waals surface area contributed by atoms with Crippen LogP contribution in [0, 0.1) is 5.92 Å². The summed E-state index contributed by atoms with van der Waals surface area (Å²) >= 11 is 0. The fraction of sp³-hybridized carbons (Fsp3) is 0.750. The lowest BCUT2D eigenvalue weighted by atomic mass is 10.1. The van der Waals surface area contributed by atoms with Crippen LogP contribution in [-0.2, 0) is 9.59 Å². The summed E-state index contributed by atoms with van der Waals surface area (Å²) in [4.78, 5) is 23.3. The average Bonchev–Trinajstić information content (AvgIpc) is 2.51. The van der Waals surface area contributed by atoms with Gasteiger partial charge in [0.15, 0.2) is 0 Å². The van der Waals surface area contributed by atoms with Crippen LogP contribution in [0.2, 0.25) is 0 Å². The minimum atomic E-state index is -0.790.